The van der Waals surface area contributed by atoms with Crippen molar-refractivity contribution in [1.29, 1.82) is 0 Å². The average Bonchev–Trinajstić information content (AvgIpc) is 3.22. The summed E-state index contributed by atoms with van der Waals surface area (Å²) >= 11 is 6.72. The molecule has 0 bridgehead atoms. The lowest BCUT2D eigenvalue weighted by molar-refractivity contribution is -0.140. The lowest BCUT2D eigenvalue weighted by atomic mass is 9.97. The standard InChI is InChI=1S/C15H11ClF3NO2S/c1-23-14-10(16)5-4-8(11(14)15(17,18)19)12(21)9-6-20-22-13(9)7-2-3-7/h4-7H,2-3H2,1H3. The number of hydrogen-bond acceptors (Lipinski definition) is 4. The summed E-state index contributed by atoms with van der Waals surface area (Å²) in [6.45, 7) is 0. The number of alkyl halides is 3. The molecule has 1 saturated carbocycles. The van der Waals surface area contributed by atoms with Crippen molar-refractivity contribution < 1.29 is 22.5 Å². The Hall–Kier alpha value is -1.47. The van der Waals surface area contributed by atoms with E-state index in [4.69, 9.17) is 16.1 Å². The first-order valence-corrected chi connectivity index (χ1v) is 8.37. The molecule has 1 aromatic heterocycles. The highest BCUT2D eigenvalue weighted by Gasteiger charge is 2.40. The van der Waals surface area contributed by atoms with Gasteiger partial charge in [-0.25, -0.2) is 0 Å². The summed E-state index contributed by atoms with van der Waals surface area (Å²) in [6, 6.07) is 2.41. The molecule has 1 heterocycles. The molecule has 0 spiro atoms. The number of rotatable bonds is 4. The maximum Gasteiger partial charge on any atom is 0.418 e. The van der Waals surface area contributed by atoms with Gasteiger partial charge in [0.2, 0.25) is 0 Å². The molecule has 0 radical (unpaired) electrons. The molecule has 1 aliphatic carbocycles. The van der Waals surface area contributed by atoms with Crippen molar-refractivity contribution in [3.05, 3.63) is 45.8 Å². The van der Waals surface area contributed by atoms with Gasteiger partial charge in [0.05, 0.1) is 22.3 Å². The predicted octanol–water partition coefficient (Wildman–Crippen LogP) is 5.18. The second kappa shape index (κ2) is 5.87. The molecule has 0 N–H and O–H groups in total. The fourth-order valence-electron chi connectivity index (χ4n) is 2.43. The zero-order valence-electron chi connectivity index (χ0n) is 11.9. The van der Waals surface area contributed by atoms with E-state index >= 15 is 0 Å². The van der Waals surface area contributed by atoms with Gasteiger partial charge in [0.1, 0.15) is 0 Å². The van der Waals surface area contributed by atoms with Crippen molar-refractivity contribution >= 4 is 29.1 Å². The molecule has 0 saturated heterocycles. The van der Waals surface area contributed by atoms with Crippen LogP contribution in [-0.2, 0) is 6.18 Å². The first-order valence-electron chi connectivity index (χ1n) is 6.77. The third-order valence-corrected chi connectivity index (χ3v) is 4.89. The van der Waals surface area contributed by atoms with E-state index < -0.39 is 23.1 Å². The maximum absolute atomic E-state index is 13.5. The lowest BCUT2D eigenvalue weighted by Crippen LogP contribution is -2.16. The number of halogens is 4. The van der Waals surface area contributed by atoms with E-state index in [2.05, 4.69) is 5.16 Å². The smallest absolute Gasteiger partial charge is 0.360 e. The molecule has 8 heteroatoms. The van der Waals surface area contributed by atoms with Crippen LogP contribution in [0.5, 0.6) is 0 Å². The average molecular weight is 362 g/mol. The summed E-state index contributed by atoms with van der Waals surface area (Å²) in [7, 11) is 0. The van der Waals surface area contributed by atoms with Crippen LogP contribution in [0.2, 0.25) is 5.02 Å². The Morgan fingerprint density at radius 3 is 2.61 bits per heavy atom. The van der Waals surface area contributed by atoms with Crippen molar-refractivity contribution in [2.24, 2.45) is 0 Å². The molecule has 1 aliphatic rings. The van der Waals surface area contributed by atoms with Gasteiger partial charge in [-0.15, -0.1) is 11.8 Å². The number of carbonyl (C=O) groups excluding carboxylic acids is 1. The predicted molar refractivity (Wildman–Crippen MR) is 80.1 cm³/mol. The monoisotopic (exact) mass is 361 g/mol. The van der Waals surface area contributed by atoms with Crippen molar-refractivity contribution in [1.82, 2.24) is 5.16 Å². The highest BCUT2D eigenvalue weighted by atomic mass is 35.5. The van der Waals surface area contributed by atoms with Gasteiger partial charge in [-0.2, -0.15) is 13.2 Å². The van der Waals surface area contributed by atoms with E-state index in [0.717, 1.165) is 30.7 Å². The number of aromatic nitrogens is 1. The second-order valence-corrected chi connectivity index (χ2v) is 6.43. The second-order valence-electron chi connectivity index (χ2n) is 5.21. The van der Waals surface area contributed by atoms with E-state index in [9.17, 15) is 18.0 Å². The van der Waals surface area contributed by atoms with E-state index in [0.29, 0.717) is 5.76 Å². The Morgan fingerprint density at radius 1 is 1.35 bits per heavy atom. The van der Waals surface area contributed by atoms with Gasteiger partial charge in [0.25, 0.3) is 0 Å². The van der Waals surface area contributed by atoms with Crippen molar-refractivity contribution in [2.45, 2.75) is 29.8 Å². The fraction of sp³-hybridized carbons (Fsp3) is 0.333. The van der Waals surface area contributed by atoms with Crippen LogP contribution in [0.4, 0.5) is 13.2 Å². The van der Waals surface area contributed by atoms with Crippen molar-refractivity contribution in [3.8, 4) is 0 Å². The van der Waals surface area contributed by atoms with E-state index in [1.54, 1.807) is 0 Å². The third kappa shape index (κ3) is 2.99. The summed E-state index contributed by atoms with van der Waals surface area (Å²) in [5, 5.41) is 3.54. The largest absolute Gasteiger partial charge is 0.418 e. The SMILES string of the molecule is CSc1c(Cl)ccc(C(=O)c2cnoc2C2CC2)c1C(F)(F)F. The van der Waals surface area contributed by atoms with E-state index in [-0.39, 0.29) is 21.4 Å². The molecule has 3 nitrogen and oxygen atoms in total. The summed E-state index contributed by atoms with van der Waals surface area (Å²) < 4.78 is 45.5. The number of carbonyl (C=O) groups is 1. The number of benzene rings is 1. The summed E-state index contributed by atoms with van der Waals surface area (Å²) in [5.74, 6) is -0.311. The minimum absolute atomic E-state index is 0.0332. The molecule has 1 aromatic carbocycles. The molecular formula is C15H11ClF3NO2S. The van der Waals surface area contributed by atoms with Crippen molar-refractivity contribution in [2.75, 3.05) is 6.26 Å². The Labute approximate surface area is 139 Å². The Kier molecular flexibility index (Phi) is 4.18. The van der Waals surface area contributed by atoms with Crippen LogP contribution >= 0.6 is 23.4 Å². The zero-order valence-corrected chi connectivity index (χ0v) is 13.5. The zero-order chi connectivity index (χ0) is 16.8. The molecule has 3 rings (SSSR count). The topological polar surface area (TPSA) is 43.1 Å². The highest BCUT2D eigenvalue weighted by Crippen LogP contribution is 2.45. The van der Waals surface area contributed by atoms with Crippen LogP contribution in [0.25, 0.3) is 0 Å². The van der Waals surface area contributed by atoms with Gasteiger partial charge >= 0.3 is 6.18 Å². The highest BCUT2D eigenvalue weighted by molar-refractivity contribution is 7.98. The fourth-order valence-corrected chi connectivity index (χ4v) is 3.51. The van der Waals surface area contributed by atoms with Gasteiger partial charge in [-0.3, -0.25) is 4.79 Å². The maximum atomic E-state index is 13.5. The number of hydrogen-bond donors (Lipinski definition) is 0. The normalized spacial score (nSPS) is 15.0. The Morgan fingerprint density at radius 2 is 2.04 bits per heavy atom. The Bertz CT molecular complexity index is 769. The van der Waals surface area contributed by atoms with Gasteiger partial charge in [0, 0.05) is 16.4 Å². The van der Waals surface area contributed by atoms with Gasteiger partial charge in [0.15, 0.2) is 11.5 Å². The third-order valence-electron chi connectivity index (χ3n) is 3.63. The minimum atomic E-state index is -4.69. The molecule has 2 aromatic rings. The molecule has 0 unspecified atom stereocenters. The number of nitrogens with zero attached hydrogens (tertiary/aromatic N) is 1. The molecule has 1 fully saturated rings. The quantitative estimate of drug-likeness (QED) is 0.556. The molecule has 23 heavy (non-hydrogen) atoms. The number of thioether (sulfide) groups is 1. The summed E-state index contributed by atoms with van der Waals surface area (Å²) in [5.41, 5.74) is -1.35. The lowest BCUT2D eigenvalue weighted by Gasteiger charge is -2.16. The van der Waals surface area contributed by atoms with Gasteiger partial charge in [-0.05, 0) is 31.2 Å². The van der Waals surface area contributed by atoms with Crippen LogP contribution < -0.4 is 0 Å². The first kappa shape index (κ1) is 16.4. The van der Waals surface area contributed by atoms with Crippen LogP contribution in [0.1, 0.15) is 46.0 Å². The number of ketones is 1. The minimum Gasteiger partial charge on any atom is -0.360 e. The van der Waals surface area contributed by atoms with E-state index in [1.165, 1.54) is 18.5 Å². The molecule has 0 aliphatic heterocycles. The Balaban J connectivity index is 2.15. The van der Waals surface area contributed by atoms with Crippen LogP contribution in [0.15, 0.2) is 27.7 Å². The molecule has 122 valence electrons. The van der Waals surface area contributed by atoms with Gasteiger partial charge in [-0.1, -0.05) is 16.8 Å². The molecular weight excluding hydrogens is 351 g/mol. The molecule has 0 atom stereocenters. The van der Waals surface area contributed by atoms with E-state index in [1.807, 2.05) is 0 Å². The van der Waals surface area contributed by atoms with Crippen molar-refractivity contribution in [3.63, 3.8) is 0 Å². The van der Waals surface area contributed by atoms with Crippen LogP contribution in [0, 0.1) is 0 Å². The first-order chi connectivity index (χ1) is 10.8. The summed E-state index contributed by atoms with van der Waals surface area (Å²) in [6.07, 6.45) is -0.328. The summed E-state index contributed by atoms with van der Waals surface area (Å²) in [4.78, 5) is 12.5. The van der Waals surface area contributed by atoms with Gasteiger partial charge < -0.3 is 4.52 Å². The van der Waals surface area contributed by atoms with Crippen LogP contribution in [-0.4, -0.2) is 17.2 Å². The molecule has 0 amide bonds. The van der Waals surface area contributed by atoms with Crippen LogP contribution in [0.3, 0.4) is 0 Å².